The largest absolute Gasteiger partial charge is 0.358 e. The van der Waals surface area contributed by atoms with Crippen molar-refractivity contribution >= 4 is 11.6 Å². The summed E-state index contributed by atoms with van der Waals surface area (Å²) < 4.78 is 11.6. The standard InChI is InChI=1S/C29H32O4/c1-28(2,32-22-24-12-7-5-8-13-24)20-18-26(30)16-11-17-27(31)19-21-29(3,4)33-23-25-14-9-6-10-15-25/h5-10,12-15H,11,16-17,22-23H2,1-4H3. The number of benzene rings is 2. The number of Topliss-reactive ketones (excluding diaryl/α,β-unsaturated/α-hetero) is 2. The summed E-state index contributed by atoms with van der Waals surface area (Å²) in [4.78, 5) is 24.2. The maximum Gasteiger partial charge on any atom is 0.205 e. The summed E-state index contributed by atoms with van der Waals surface area (Å²) in [5, 5.41) is 0. The number of hydrogen-bond donors (Lipinski definition) is 0. The quantitative estimate of drug-likeness (QED) is 0.369. The van der Waals surface area contributed by atoms with Gasteiger partial charge >= 0.3 is 0 Å². The molecule has 2 aromatic rings. The lowest BCUT2D eigenvalue weighted by atomic mass is 10.1. The normalized spacial score (nSPS) is 11.0. The molecule has 0 radical (unpaired) electrons. The molecule has 0 saturated heterocycles. The second-order valence-electron chi connectivity index (χ2n) is 8.77. The lowest BCUT2D eigenvalue weighted by Crippen LogP contribution is -2.22. The van der Waals surface area contributed by atoms with Crippen molar-refractivity contribution in [1.82, 2.24) is 0 Å². The number of ketones is 2. The fourth-order valence-electron chi connectivity index (χ4n) is 2.72. The van der Waals surface area contributed by atoms with E-state index in [0.717, 1.165) is 11.1 Å². The van der Waals surface area contributed by atoms with Crippen molar-refractivity contribution in [3.8, 4) is 23.7 Å². The van der Waals surface area contributed by atoms with Gasteiger partial charge in [-0.25, -0.2) is 0 Å². The molecule has 0 amide bonds. The van der Waals surface area contributed by atoms with E-state index in [2.05, 4.69) is 23.7 Å². The highest BCUT2D eigenvalue weighted by atomic mass is 16.5. The number of carbonyl (C=O) groups is 2. The second-order valence-corrected chi connectivity index (χ2v) is 8.77. The van der Waals surface area contributed by atoms with Crippen LogP contribution in [0.2, 0.25) is 0 Å². The van der Waals surface area contributed by atoms with Crippen molar-refractivity contribution in [1.29, 1.82) is 0 Å². The summed E-state index contributed by atoms with van der Waals surface area (Å²) in [6, 6.07) is 19.6. The molecule has 0 aromatic heterocycles. The zero-order chi connectivity index (χ0) is 24.2. The third kappa shape index (κ3) is 11.3. The van der Waals surface area contributed by atoms with Crippen LogP contribution >= 0.6 is 0 Å². The van der Waals surface area contributed by atoms with Crippen LogP contribution in [0.15, 0.2) is 60.7 Å². The third-order valence-corrected chi connectivity index (χ3v) is 4.70. The van der Waals surface area contributed by atoms with Gasteiger partial charge in [-0.15, -0.1) is 0 Å². The maximum atomic E-state index is 12.1. The molecule has 0 aliphatic heterocycles. The molecule has 0 bridgehead atoms. The van der Waals surface area contributed by atoms with E-state index in [4.69, 9.17) is 9.47 Å². The lowest BCUT2D eigenvalue weighted by molar-refractivity contribution is -0.115. The van der Waals surface area contributed by atoms with Gasteiger partial charge in [0.15, 0.2) is 0 Å². The highest BCUT2D eigenvalue weighted by Crippen LogP contribution is 2.13. The first-order valence-electron chi connectivity index (χ1n) is 11.1. The van der Waals surface area contributed by atoms with Crippen LogP contribution in [0.5, 0.6) is 0 Å². The first-order chi connectivity index (χ1) is 15.7. The van der Waals surface area contributed by atoms with Crippen LogP contribution in [-0.2, 0) is 32.3 Å². The molecule has 172 valence electrons. The molecule has 0 heterocycles. The molecule has 0 atom stereocenters. The van der Waals surface area contributed by atoms with Gasteiger partial charge < -0.3 is 9.47 Å². The highest BCUT2D eigenvalue weighted by Gasteiger charge is 2.16. The molecule has 0 spiro atoms. The van der Waals surface area contributed by atoms with Crippen LogP contribution < -0.4 is 0 Å². The van der Waals surface area contributed by atoms with Gasteiger partial charge in [0.2, 0.25) is 11.6 Å². The minimum absolute atomic E-state index is 0.210. The van der Waals surface area contributed by atoms with Gasteiger partial charge in [0.05, 0.1) is 13.2 Å². The Morgan fingerprint density at radius 2 is 1.03 bits per heavy atom. The number of rotatable bonds is 10. The maximum absolute atomic E-state index is 12.1. The summed E-state index contributed by atoms with van der Waals surface area (Å²) in [5.74, 6) is 10.6. The highest BCUT2D eigenvalue weighted by molar-refractivity contribution is 5.97. The number of hydrogen-bond acceptors (Lipinski definition) is 4. The van der Waals surface area contributed by atoms with Crippen molar-refractivity contribution in [3.05, 3.63) is 71.8 Å². The van der Waals surface area contributed by atoms with E-state index in [1.807, 2.05) is 88.4 Å². The fraction of sp³-hybridized carbons (Fsp3) is 0.379. The van der Waals surface area contributed by atoms with E-state index in [0.29, 0.717) is 19.6 Å². The SMILES string of the molecule is CC(C)(C#CC(=O)CCCC(=O)C#CC(C)(C)OCc1ccccc1)OCc1ccccc1. The van der Waals surface area contributed by atoms with Gasteiger partial charge in [0.25, 0.3) is 0 Å². The number of carbonyl (C=O) groups excluding carboxylic acids is 2. The van der Waals surface area contributed by atoms with E-state index in [9.17, 15) is 9.59 Å². The van der Waals surface area contributed by atoms with Crippen LogP contribution in [-0.4, -0.2) is 22.8 Å². The van der Waals surface area contributed by atoms with Crippen molar-refractivity contribution in [2.75, 3.05) is 0 Å². The fourth-order valence-corrected chi connectivity index (χ4v) is 2.72. The minimum Gasteiger partial charge on any atom is -0.358 e. The Bertz CT molecular complexity index is 944. The zero-order valence-corrected chi connectivity index (χ0v) is 19.9. The number of ether oxygens (including phenoxy) is 2. The third-order valence-electron chi connectivity index (χ3n) is 4.70. The lowest BCUT2D eigenvalue weighted by Gasteiger charge is -2.18. The van der Waals surface area contributed by atoms with Crippen molar-refractivity contribution < 1.29 is 19.1 Å². The van der Waals surface area contributed by atoms with Crippen molar-refractivity contribution in [2.24, 2.45) is 0 Å². The van der Waals surface area contributed by atoms with Crippen molar-refractivity contribution in [2.45, 2.75) is 71.4 Å². The summed E-state index contributed by atoms with van der Waals surface area (Å²) in [5.41, 5.74) is 0.620. The van der Waals surface area contributed by atoms with Gasteiger partial charge in [-0.2, -0.15) is 0 Å². The summed E-state index contributed by atoms with van der Waals surface area (Å²) in [7, 11) is 0. The molecule has 0 aliphatic carbocycles. The summed E-state index contributed by atoms with van der Waals surface area (Å²) >= 11 is 0. The first kappa shape index (κ1) is 26.1. The average molecular weight is 445 g/mol. The van der Waals surface area contributed by atoms with Crippen LogP contribution in [0.25, 0.3) is 0 Å². The van der Waals surface area contributed by atoms with E-state index < -0.39 is 11.2 Å². The molecule has 0 N–H and O–H groups in total. The van der Waals surface area contributed by atoms with Gasteiger partial charge in [-0.1, -0.05) is 72.5 Å². The Labute approximate surface area is 197 Å². The topological polar surface area (TPSA) is 52.6 Å². The molecule has 0 unspecified atom stereocenters. The summed E-state index contributed by atoms with van der Waals surface area (Å²) in [6.45, 7) is 8.17. The van der Waals surface area contributed by atoms with Gasteiger partial charge in [0.1, 0.15) is 11.2 Å². The smallest absolute Gasteiger partial charge is 0.205 e. The molecule has 4 nitrogen and oxygen atoms in total. The second kappa shape index (κ2) is 12.8. The van der Waals surface area contributed by atoms with E-state index in [1.54, 1.807) is 0 Å². The monoisotopic (exact) mass is 444 g/mol. The van der Waals surface area contributed by atoms with E-state index in [1.165, 1.54) is 0 Å². The van der Waals surface area contributed by atoms with Crippen LogP contribution in [0.3, 0.4) is 0 Å². The van der Waals surface area contributed by atoms with E-state index in [-0.39, 0.29) is 24.4 Å². The Hall–Kier alpha value is -3.18. The Balaban J connectivity index is 1.72. The molecule has 0 fully saturated rings. The van der Waals surface area contributed by atoms with Crippen LogP contribution in [0, 0.1) is 23.7 Å². The summed E-state index contributed by atoms with van der Waals surface area (Å²) in [6.07, 6.45) is 0.837. The first-order valence-corrected chi connectivity index (χ1v) is 11.1. The Morgan fingerprint density at radius 1 is 0.667 bits per heavy atom. The average Bonchev–Trinajstić information content (AvgIpc) is 2.81. The zero-order valence-electron chi connectivity index (χ0n) is 19.9. The van der Waals surface area contributed by atoms with Crippen LogP contribution in [0.1, 0.15) is 58.1 Å². The molecular weight excluding hydrogens is 412 g/mol. The molecule has 2 rings (SSSR count). The van der Waals surface area contributed by atoms with Crippen LogP contribution in [0.4, 0.5) is 0 Å². The molecule has 0 aliphatic rings. The molecule has 33 heavy (non-hydrogen) atoms. The molecule has 4 heteroatoms. The molecule has 2 aromatic carbocycles. The molecule has 0 saturated carbocycles. The Morgan fingerprint density at radius 3 is 1.39 bits per heavy atom. The Kier molecular flexibility index (Phi) is 10.1. The predicted molar refractivity (Wildman–Crippen MR) is 130 cm³/mol. The van der Waals surface area contributed by atoms with Gasteiger partial charge in [-0.05, 0) is 57.1 Å². The molecular formula is C29H32O4. The van der Waals surface area contributed by atoms with Crippen molar-refractivity contribution in [3.63, 3.8) is 0 Å². The van der Waals surface area contributed by atoms with E-state index >= 15 is 0 Å². The predicted octanol–water partition coefficient (Wildman–Crippen LogP) is 5.29. The van der Waals surface area contributed by atoms with Gasteiger partial charge in [0, 0.05) is 12.8 Å². The minimum atomic E-state index is -0.738. The van der Waals surface area contributed by atoms with Gasteiger partial charge in [-0.3, -0.25) is 9.59 Å².